The highest BCUT2D eigenvalue weighted by molar-refractivity contribution is 14.0. The number of aromatic nitrogens is 2. The first-order valence-corrected chi connectivity index (χ1v) is 9.24. The summed E-state index contributed by atoms with van der Waals surface area (Å²) in [5, 5.41) is 3.43. The molecule has 0 amide bonds. The number of likely N-dealkylation sites (tertiary alicyclic amines) is 1. The van der Waals surface area contributed by atoms with Crippen LogP contribution in [0.1, 0.15) is 19.8 Å². The van der Waals surface area contributed by atoms with Crippen LogP contribution < -0.4 is 5.32 Å². The van der Waals surface area contributed by atoms with E-state index in [-0.39, 0.29) is 24.0 Å². The highest BCUT2D eigenvalue weighted by atomic mass is 127. The Bertz CT molecular complexity index is 702. The maximum Gasteiger partial charge on any atom is 0.193 e. The molecule has 1 aromatic heterocycles. The Morgan fingerprint density at radius 1 is 1.38 bits per heavy atom. The minimum atomic E-state index is 0. The van der Waals surface area contributed by atoms with E-state index in [0.717, 1.165) is 57.2 Å². The summed E-state index contributed by atoms with van der Waals surface area (Å²) in [7, 11) is 1.78. The second-order valence-electron chi connectivity index (χ2n) is 6.57. The van der Waals surface area contributed by atoms with E-state index in [9.17, 15) is 0 Å². The molecule has 6 nitrogen and oxygen atoms in total. The third-order valence-corrected chi connectivity index (χ3v) is 4.67. The molecule has 1 aliphatic heterocycles. The zero-order valence-corrected chi connectivity index (χ0v) is 18.1. The molecule has 144 valence electrons. The summed E-state index contributed by atoms with van der Waals surface area (Å²) in [6.07, 6.45) is 4.11. The number of imidazole rings is 1. The minimum Gasteiger partial charge on any atom is -0.384 e. The number of nitrogens with one attached hydrogen (secondary N) is 1. The van der Waals surface area contributed by atoms with Gasteiger partial charge in [-0.1, -0.05) is 12.1 Å². The Labute approximate surface area is 173 Å². The van der Waals surface area contributed by atoms with Gasteiger partial charge in [0, 0.05) is 45.8 Å². The monoisotopic (exact) mass is 471 g/mol. The molecule has 26 heavy (non-hydrogen) atoms. The van der Waals surface area contributed by atoms with Crippen LogP contribution in [0.2, 0.25) is 0 Å². The average molecular weight is 471 g/mol. The lowest BCUT2D eigenvalue weighted by molar-refractivity contribution is 0.157. The maximum atomic E-state index is 5.29. The minimum absolute atomic E-state index is 0. The number of ether oxygens (including phenoxy) is 1. The Morgan fingerprint density at radius 2 is 2.23 bits per heavy atom. The molecule has 1 saturated heterocycles. The molecular weight excluding hydrogens is 441 g/mol. The smallest absolute Gasteiger partial charge is 0.193 e. The van der Waals surface area contributed by atoms with E-state index in [1.54, 1.807) is 7.11 Å². The number of guanidine groups is 1. The second kappa shape index (κ2) is 10.7. The van der Waals surface area contributed by atoms with Crippen LogP contribution in [-0.2, 0) is 11.3 Å². The van der Waals surface area contributed by atoms with Gasteiger partial charge in [-0.3, -0.25) is 4.99 Å². The van der Waals surface area contributed by atoms with Crippen molar-refractivity contribution in [1.29, 1.82) is 0 Å². The summed E-state index contributed by atoms with van der Waals surface area (Å²) in [6, 6.07) is 8.26. The molecule has 0 radical (unpaired) electrons. The van der Waals surface area contributed by atoms with Crippen LogP contribution >= 0.6 is 24.0 Å². The molecule has 2 heterocycles. The van der Waals surface area contributed by atoms with Crippen molar-refractivity contribution >= 4 is 41.0 Å². The molecular formula is C19H30IN5O. The number of hydrogen-bond acceptors (Lipinski definition) is 3. The van der Waals surface area contributed by atoms with Gasteiger partial charge in [0.15, 0.2) is 5.96 Å². The van der Waals surface area contributed by atoms with Crippen LogP contribution in [0.3, 0.4) is 0 Å². The van der Waals surface area contributed by atoms with E-state index in [4.69, 9.17) is 9.73 Å². The molecule has 7 heteroatoms. The zero-order chi connectivity index (χ0) is 17.5. The Balaban J connectivity index is 0.00000243. The number of methoxy groups -OCH3 is 1. The van der Waals surface area contributed by atoms with Crippen LogP contribution in [0.25, 0.3) is 11.0 Å². The Hall–Kier alpha value is -1.35. The number of aryl methyl sites for hydroxylation is 1. The normalized spacial score (nSPS) is 17.5. The van der Waals surface area contributed by atoms with Gasteiger partial charge < -0.3 is 19.5 Å². The van der Waals surface area contributed by atoms with Crippen molar-refractivity contribution in [3.8, 4) is 0 Å². The lowest BCUT2D eigenvalue weighted by Gasteiger charge is -2.21. The van der Waals surface area contributed by atoms with Gasteiger partial charge in [0.05, 0.1) is 24.0 Å². The molecule has 1 aliphatic rings. The number of rotatable bonds is 7. The Morgan fingerprint density at radius 3 is 3.04 bits per heavy atom. The molecule has 1 aromatic carbocycles. The highest BCUT2D eigenvalue weighted by Crippen LogP contribution is 2.16. The summed E-state index contributed by atoms with van der Waals surface area (Å²) in [4.78, 5) is 11.6. The van der Waals surface area contributed by atoms with Crippen LogP contribution in [-0.4, -0.2) is 60.3 Å². The third-order valence-electron chi connectivity index (χ3n) is 4.67. The molecule has 0 saturated carbocycles. The molecule has 0 spiro atoms. The molecule has 0 bridgehead atoms. The first-order valence-electron chi connectivity index (χ1n) is 9.24. The number of nitrogens with zero attached hydrogens (tertiary/aromatic N) is 4. The molecule has 1 unspecified atom stereocenters. The highest BCUT2D eigenvalue weighted by Gasteiger charge is 2.24. The first kappa shape index (κ1) is 21.0. The standard InChI is InChI=1S/C19H29N5O.HI/c1-3-20-19(23-12-9-16(13-23)14-25-2)21-10-6-11-24-15-22-17-7-4-5-8-18(17)24;/h4-5,7-8,15-16H,3,6,9-14H2,1-2H3,(H,20,21);1H. The number of para-hydroxylation sites is 2. The SMILES string of the molecule is CCNC(=NCCCn1cnc2ccccc21)N1CCC(COC)C1.I. The van der Waals surface area contributed by atoms with Gasteiger partial charge in [-0.25, -0.2) is 4.98 Å². The number of halogens is 1. The second-order valence-corrected chi connectivity index (χ2v) is 6.57. The topological polar surface area (TPSA) is 54.7 Å². The van der Waals surface area contributed by atoms with Gasteiger partial charge in [0.2, 0.25) is 0 Å². The predicted octanol–water partition coefficient (Wildman–Crippen LogP) is 2.98. The van der Waals surface area contributed by atoms with E-state index < -0.39 is 0 Å². The third kappa shape index (κ3) is 5.33. The average Bonchev–Trinajstić information content (AvgIpc) is 3.25. The summed E-state index contributed by atoms with van der Waals surface area (Å²) in [5.41, 5.74) is 2.25. The van der Waals surface area contributed by atoms with E-state index >= 15 is 0 Å². The van der Waals surface area contributed by atoms with Crippen molar-refractivity contribution < 1.29 is 4.74 Å². The van der Waals surface area contributed by atoms with E-state index in [2.05, 4.69) is 44.9 Å². The maximum absolute atomic E-state index is 5.29. The van der Waals surface area contributed by atoms with Gasteiger partial charge in [-0.15, -0.1) is 24.0 Å². The van der Waals surface area contributed by atoms with E-state index in [0.29, 0.717) is 5.92 Å². The van der Waals surface area contributed by atoms with Gasteiger partial charge in [0.25, 0.3) is 0 Å². The molecule has 1 fully saturated rings. The lowest BCUT2D eigenvalue weighted by Crippen LogP contribution is -2.40. The van der Waals surface area contributed by atoms with Crippen molar-refractivity contribution in [3.63, 3.8) is 0 Å². The fourth-order valence-corrected chi connectivity index (χ4v) is 3.44. The largest absolute Gasteiger partial charge is 0.384 e. The van der Waals surface area contributed by atoms with Gasteiger partial charge in [-0.2, -0.15) is 0 Å². The molecule has 2 aromatic rings. The van der Waals surface area contributed by atoms with Crippen molar-refractivity contribution in [2.45, 2.75) is 26.3 Å². The first-order chi connectivity index (χ1) is 12.3. The molecule has 1 N–H and O–H groups in total. The van der Waals surface area contributed by atoms with Crippen LogP contribution in [0.5, 0.6) is 0 Å². The molecule has 3 rings (SSSR count). The van der Waals surface area contributed by atoms with Crippen molar-refractivity contribution in [2.75, 3.05) is 39.9 Å². The van der Waals surface area contributed by atoms with Gasteiger partial charge in [-0.05, 0) is 31.9 Å². The lowest BCUT2D eigenvalue weighted by atomic mass is 10.1. The van der Waals surface area contributed by atoms with E-state index in [1.807, 2.05) is 12.4 Å². The molecule has 0 aliphatic carbocycles. The van der Waals surface area contributed by atoms with Crippen molar-refractivity contribution in [2.24, 2.45) is 10.9 Å². The van der Waals surface area contributed by atoms with Gasteiger partial charge in [0.1, 0.15) is 0 Å². The summed E-state index contributed by atoms with van der Waals surface area (Å²) >= 11 is 0. The van der Waals surface area contributed by atoms with Crippen LogP contribution in [0, 0.1) is 5.92 Å². The molecule has 1 atom stereocenters. The number of benzene rings is 1. The Kier molecular flexibility index (Phi) is 8.64. The van der Waals surface area contributed by atoms with E-state index in [1.165, 1.54) is 11.9 Å². The van der Waals surface area contributed by atoms with Gasteiger partial charge >= 0.3 is 0 Å². The number of fused-ring (bicyclic) bond motifs is 1. The fraction of sp³-hybridized carbons (Fsp3) is 0.579. The van der Waals surface area contributed by atoms with Crippen LogP contribution in [0.4, 0.5) is 0 Å². The fourth-order valence-electron chi connectivity index (χ4n) is 3.44. The van der Waals surface area contributed by atoms with Crippen molar-refractivity contribution in [1.82, 2.24) is 19.8 Å². The van der Waals surface area contributed by atoms with Crippen LogP contribution in [0.15, 0.2) is 35.6 Å². The zero-order valence-electron chi connectivity index (χ0n) is 15.7. The predicted molar refractivity (Wildman–Crippen MR) is 117 cm³/mol. The summed E-state index contributed by atoms with van der Waals surface area (Å²) < 4.78 is 7.50. The summed E-state index contributed by atoms with van der Waals surface area (Å²) in [5.74, 6) is 1.66. The number of aliphatic imine (C=N–C) groups is 1. The van der Waals surface area contributed by atoms with Crippen molar-refractivity contribution in [3.05, 3.63) is 30.6 Å². The number of hydrogen-bond donors (Lipinski definition) is 1. The quantitative estimate of drug-likeness (QED) is 0.292. The summed E-state index contributed by atoms with van der Waals surface area (Å²) in [6.45, 7) is 7.71.